The van der Waals surface area contributed by atoms with E-state index in [-0.39, 0.29) is 0 Å². The fraction of sp³-hybridized carbons (Fsp3) is 0.222. The molecular formula is C9H10N4S. The summed E-state index contributed by atoms with van der Waals surface area (Å²) < 4.78 is 1.78. The van der Waals surface area contributed by atoms with Gasteiger partial charge in [-0.2, -0.15) is 0 Å². The number of thioether (sulfide) groups is 1. The van der Waals surface area contributed by atoms with Gasteiger partial charge in [-0.05, 0) is 18.4 Å². The molecule has 0 N–H and O–H groups in total. The fourth-order valence-electron chi connectivity index (χ4n) is 1.20. The second kappa shape index (κ2) is 3.79. The Balaban J connectivity index is 2.46. The van der Waals surface area contributed by atoms with Crippen molar-refractivity contribution >= 4 is 11.8 Å². The average Bonchev–Trinajstić information content (AvgIpc) is 2.61. The average molecular weight is 206 g/mol. The first-order valence-electron chi connectivity index (χ1n) is 4.16. The summed E-state index contributed by atoms with van der Waals surface area (Å²) in [5, 5.41) is 5.04. The minimum absolute atomic E-state index is 0.791. The molecule has 2 aromatic rings. The van der Waals surface area contributed by atoms with Crippen LogP contribution in [0.2, 0.25) is 0 Å². The molecule has 0 atom stereocenters. The van der Waals surface area contributed by atoms with Crippen LogP contribution in [-0.4, -0.2) is 26.0 Å². The van der Waals surface area contributed by atoms with Gasteiger partial charge in [0.1, 0.15) is 0 Å². The molecule has 5 heteroatoms. The van der Waals surface area contributed by atoms with Crippen LogP contribution in [-0.2, 0) is 7.05 Å². The lowest BCUT2D eigenvalue weighted by molar-refractivity contribution is 0.744. The molecule has 0 radical (unpaired) electrons. The maximum atomic E-state index is 4.39. The zero-order chi connectivity index (χ0) is 9.97. The fourth-order valence-corrected chi connectivity index (χ4v) is 1.58. The molecule has 72 valence electrons. The highest BCUT2D eigenvalue weighted by atomic mass is 32.2. The molecule has 14 heavy (non-hydrogen) atoms. The molecule has 2 aromatic heterocycles. The molecule has 2 heterocycles. The lowest BCUT2D eigenvalue weighted by Gasteiger charge is -1.97. The largest absolute Gasteiger partial charge is 0.265 e. The summed E-state index contributed by atoms with van der Waals surface area (Å²) in [6, 6.07) is 3.85. The molecule has 2 rings (SSSR count). The molecule has 0 spiro atoms. The number of hydrogen-bond donors (Lipinski definition) is 0. The minimum Gasteiger partial charge on any atom is -0.265 e. The SMILES string of the molecule is CSc1nc(-c2ccncc2)n(C)n1. The Kier molecular flexibility index (Phi) is 2.49. The van der Waals surface area contributed by atoms with E-state index in [1.807, 2.05) is 25.4 Å². The van der Waals surface area contributed by atoms with E-state index >= 15 is 0 Å². The summed E-state index contributed by atoms with van der Waals surface area (Å²) in [5.41, 5.74) is 1.04. The van der Waals surface area contributed by atoms with Crippen LogP contribution in [0.25, 0.3) is 11.4 Å². The maximum absolute atomic E-state index is 4.39. The van der Waals surface area contributed by atoms with E-state index < -0.39 is 0 Å². The van der Waals surface area contributed by atoms with E-state index in [0.29, 0.717) is 0 Å². The molecule has 0 amide bonds. The zero-order valence-electron chi connectivity index (χ0n) is 8.01. The van der Waals surface area contributed by atoms with Crippen LogP contribution in [0.1, 0.15) is 0 Å². The van der Waals surface area contributed by atoms with E-state index in [2.05, 4.69) is 15.1 Å². The predicted octanol–water partition coefficient (Wildman–Crippen LogP) is 1.60. The molecule has 0 bridgehead atoms. The third-order valence-electron chi connectivity index (χ3n) is 1.86. The Morgan fingerprint density at radius 3 is 2.57 bits per heavy atom. The van der Waals surface area contributed by atoms with Gasteiger partial charge in [-0.1, -0.05) is 11.8 Å². The Morgan fingerprint density at radius 2 is 2.00 bits per heavy atom. The van der Waals surface area contributed by atoms with Crippen molar-refractivity contribution in [2.24, 2.45) is 7.05 Å². The van der Waals surface area contributed by atoms with E-state index in [9.17, 15) is 0 Å². The van der Waals surface area contributed by atoms with Crippen LogP contribution in [0.4, 0.5) is 0 Å². The Labute approximate surface area is 86.4 Å². The monoisotopic (exact) mass is 206 g/mol. The van der Waals surface area contributed by atoms with E-state index in [1.165, 1.54) is 11.8 Å². The van der Waals surface area contributed by atoms with Crippen molar-refractivity contribution < 1.29 is 0 Å². The number of hydrogen-bond acceptors (Lipinski definition) is 4. The number of aryl methyl sites for hydroxylation is 1. The summed E-state index contributed by atoms with van der Waals surface area (Å²) in [7, 11) is 1.89. The van der Waals surface area contributed by atoms with Gasteiger partial charge < -0.3 is 0 Å². The van der Waals surface area contributed by atoms with Crippen LogP contribution < -0.4 is 0 Å². The van der Waals surface area contributed by atoms with Crippen LogP contribution in [0.5, 0.6) is 0 Å². The van der Waals surface area contributed by atoms with Crippen LogP contribution in [0.15, 0.2) is 29.7 Å². The van der Waals surface area contributed by atoms with Gasteiger partial charge in [0.05, 0.1) is 0 Å². The van der Waals surface area contributed by atoms with Crippen LogP contribution >= 0.6 is 11.8 Å². The van der Waals surface area contributed by atoms with Crippen LogP contribution in [0.3, 0.4) is 0 Å². The summed E-state index contributed by atoms with van der Waals surface area (Å²) in [4.78, 5) is 8.35. The van der Waals surface area contributed by atoms with Gasteiger partial charge in [-0.3, -0.25) is 4.98 Å². The van der Waals surface area contributed by atoms with Crippen molar-refractivity contribution in [3.8, 4) is 11.4 Å². The Hall–Kier alpha value is -1.36. The molecule has 0 saturated carbocycles. The Bertz CT molecular complexity index is 424. The molecule has 0 aliphatic rings. The van der Waals surface area contributed by atoms with Gasteiger partial charge in [0, 0.05) is 25.0 Å². The highest BCUT2D eigenvalue weighted by Crippen LogP contribution is 2.18. The second-order valence-corrected chi connectivity index (χ2v) is 3.56. The molecule has 0 fully saturated rings. The summed E-state index contributed by atoms with van der Waals surface area (Å²) in [5.74, 6) is 0.872. The highest BCUT2D eigenvalue weighted by molar-refractivity contribution is 7.98. The third-order valence-corrected chi connectivity index (χ3v) is 2.40. The van der Waals surface area contributed by atoms with Gasteiger partial charge in [0.15, 0.2) is 5.82 Å². The summed E-state index contributed by atoms with van der Waals surface area (Å²) >= 11 is 1.54. The number of nitrogens with zero attached hydrogens (tertiary/aromatic N) is 4. The van der Waals surface area contributed by atoms with Crippen LogP contribution in [0, 0.1) is 0 Å². The number of rotatable bonds is 2. The van der Waals surface area contributed by atoms with E-state index in [1.54, 1.807) is 17.1 Å². The van der Waals surface area contributed by atoms with Gasteiger partial charge in [0.25, 0.3) is 0 Å². The van der Waals surface area contributed by atoms with Crippen molar-refractivity contribution in [2.45, 2.75) is 5.16 Å². The van der Waals surface area contributed by atoms with E-state index in [4.69, 9.17) is 0 Å². The van der Waals surface area contributed by atoms with E-state index in [0.717, 1.165) is 16.5 Å². The van der Waals surface area contributed by atoms with Crippen molar-refractivity contribution in [1.29, 1.82) is 0 Å². The molecule has 4 nitrogen and oxygen atoms in total. The quantitative estimate of drug-likeness (QED) is 0.700. The zero-order valence-corrected chi connectivity index (χ0v) is 8.82. The third kappa shape index (κ3) is 1.63. The van der Waals surface area contributed by atoms with Gasteiger partial charge in [-0.25, -0.2) is 9.67 Å². The topological polar surface area (TPSA) is 43.6 Å². The molecule has 0 unspecified atom stereocenters. The predicted molar refractivity (Wildman–Crippen MR) is 56.0 cm³/mol. The van der Waals surface area contributed by atoms with Crippen molar-refractivity contribution in [3.05, 3.63) is 24.5 Å². The Morgan fingerprint density at radius 1 is 1.29 bits per heavy atom. The smallest absolute Gasteiger partial charge is 0.208 e. The lowest BCUT2D eigenvalue weighted by atomic mass is 10.2. The molecule has 0 aliphatic carbocycles. The first kappa shape index (κ1) is 9.21. The molecular weight excluding hydrogens is 196 g/mol. The lowest BCUT2D eigenvalue weighted by Crippen LogP contribution is -1.94. The first-order valence-corrected chi connectivity index (χ1v) is 5.39. The van der Waals surface area contributed by atoms with Gasteiger partial charge in [-0.15, -0.1) is 5.10 Å². The van der Waals surface area contributed by atoms with Gasteiger partial charge >= 0.3 is 0 Å². The summed E-state index contributed by atoms with van der Waals surface area (Å²) in [6.45, 7) is 0. The molecule has 0 aromatic carbocycles. The maximum Gasteiger partial charge on any atom is 0.208 e. The number of pyridine rings is 1. The minimum atomic E-state index is 0.791. The second-order valence-electron chi connectivity index (χ2n) is 2.78. The van der Waals surface area contributed by atoms with Crippen molar-refractivity contribution in [3.63, 3.8) is 0 Å². The first-order chi connectivity index (χ1) is 6.81. The van der Waals surface area contributed by atoms with Crippen molar-refractivity contribution in [2.75, 3.05) is 6.26 Å². The highest BCUT2D eigenvalue weighted by Gasteiger charge is 2.07. The van der Waals surface area contributed by atoms with Gasteiger partial charge in [0.2, 0.25) is 5.16 Å². The molecule has 0 saturated heterocycles. The normalized spacial score (nSPS) is 10.4. The summed E-state index contributed by atoms with van der Waals surface area (Å²) in [6.07, 6.45) is 5.47. The van der Waals surface area contributed by atoms with Crippen molar-refractivity contribution in [1.82, 2.24) is 19.7 Å². The standard InChI is InChI=1S/C9H10N4S/c1-13-8(11-9(12-13)14-2)7-3-5-10-6-4-7/h3-6H,1-2H3. The molecule has 0 aliphatic heterocycles. The number of aromatic nitrogens is 4.